The largest absolute Gasteiger partial charge is 0.496 e. The molecule has 0 saturated carbocycles. The second-order valence-electron chi connectivity index (χ2n) is 5.31. The molecule has 1 atom stereocenters. The minimum Gasteiger partial charge on any atom is -0.496 e. The number of hydrogen-bond donors (Lipinski definition) is 1. The summed E-state index contributed by atoms with van der Waals surface area (Å²) in [7, 11) is 1.48. The van der Waals surface area contributed by atoms with Crippen molar-refractivity contribution in [2.24, 2.45) is 0 Å². The number of piperidine rings is 1. The zero-order valence-electron chi connectivity index (χ0n) is 12.1. The van der Waals surface area contributed by atoms with Gasteiger partial charge >= 0.3 is 0 Å². The van der Waals surface area contributed by atoms with Crippen LogP contribution in [0, 0.1) is 6.92 Å². The van der Waals surface area contributed by atoms with Gasteiger partial charge < -0.3 is 4.74 Å². The Kier molecular flexibility index (Phi) is 3.20. The third kappa shape index (κ3) is 1.97. The van der Waals surface area contributed by atoms with Gasteiger partial charge in [0.2, 0.25) is 11.8 Å². The summed E-state index contributed by atoms with van der Waals surface area (Å²) in [6.07, 6.45) is 0.248. The van der Waals surface area contributed by atoms with Gasteiger partial charge in [0.15, 0.2) is 0 Å². The van der Waals surface area contributed by atoms with E-state index in [1.54, 1.807) is 13.0 Å². The van der Waals surface area contributed by atoms with Crippen LogP contribution >= 0.6 is 0 Å². The van der Waals surface area contributed by atoms with Gasteiger partial charge in [-0.3, -0.25) is 29.4 Å². The van der Waals surface area contributed by atoms with Gasteiger partial charge in [-0.25, -0.2) is 0 Å². The second-order valence-corrected chi connectivity index (χ2v) is 5.31. The first-order chi connectivity index (χ1) is 10.4. The molecule has 114 valence electrons. The standard InChI is InChI=1S/C15H14N2O5/c1-7-5-8-9(6-11(7)22-2)15(21)17(14(8)20)10-3-4-12(18)16-13(10)19/h5-6,10H,3-4H2,1-2H3,(H,16,18,19). The number of hydrogen-bond acceptors (Lipinski definition) is 5. The maximum absolute atomic E-state index is 12.5. The summed E-state index contributed by atoms with van der Waals surface area (Å²) in [6.45, 7) is 1.77. The molecule has 0 aromatic heterocycles. The predicted octanol–water partition coefficient (Wildman–Crippen LogP) is 0.405. The Balaban J connectivity index is 2.00. The van der Waals surface area contributed by atoms with Crippen LogP contribution in [-0.2, 0) is 9.59 Å². The Labute approximate surface area is 126 Å². The lowest BCUT2D eigenvalue weighted by Crippen LogP contribution is -2.54. The highest BCUT2D eigenvalue weighted by Gasteiger charge is 2.44. The highest BCUT2D eigenvalue weighted by Crippen LogP contribution is 2.32. The number of nitrogens with one attached hydrogen (secondary N) is 1. The first-order valence-electron chi connectivity index (χ1n) is 6.84. The summed E-state index contributed by atoms with van der Waals surface area (Å²) in [4.78, 5) is 49.0. The Hall–Kier alpha value is -2.70. The topological polar surface area (TPSA) is 92.8 Å². The minimum absolute atomic E-state index is 0.103. The van der Waals surface area contributed by atoms with Gasteiger partial charge in [0.1, 0.15) is 11.8 Å². The van der Waals surface area contributed by atoms with Crippen LogP contribution in [0.3, 0.4) is 0 Å². The molecule has 1 N–H and O–H groups in total. The highest BCUT2D eigenvalue weighted by atomic mass is 16.5. The van der Waals surface area contributed by atoms with Crippen molar-refractivity contribution >= 4 is 23.6 Å². The smallest absolute Gasteiger partial charge is 0.262 e. The number of amides is 4. The first-order valence-corrected chi connectivity index (χ1v) is 6.84. The Bertz CT molecular complexity index is 725. The number of aryl methyl sites for hydroxylation is 1. The van der Waals surface area contributed by atoms with Crippen molar-refractivity contribution in [2.75, 3.05) is 7.11 Å². The number of fused-ring (bicyclic) bond motifs is 1. The van der Waals surface area contributed by atoms with Gasteiger partial charge in [-0.1, -0.05) is 0 Å². The molecule has 22 heavy (non-hydrogen) atoms. The third-order valence-electron chi connectivity index (χ3n) is 3.96. The summed E-state index contributed by atoms with van der Waals surface area (Å²) in [5.41, 5.74) is 1.21. The van der Waals surface area contributed by atoms with E-state index >= 15 is 0 Å². The molecule has 4 amide bonds. The molecule has 1 aromatic carbocycles. The summed E-state index contributed by atoms with van der Waals surface area (Å²) in [5, 5.41) is 2.16. The number of carbonyl (C=O) groups excluding carboxylic acids is 4. The van der Waals surface area contributed by atoms with E-state index in [2.05, 4.69) is 5.32 Å². The lowest BCUT2D eigenvalue weighted by Gasteiger charge is -2.27. The lowest BCUT2D eigenvalue weighted by molar-refractivity contribution is -0.136. The normalized spacial score (nSPS) is 21.0. The predicted molar refractivity (Wildman–Crippen MR) is 74.4 cm³/mol. The van der Waals surface area contributed by atoms with Gasteiger partial charge in [-0.15, -0.1) is 0 Å². The van der Waals surface area contributed by atoms with Crippen LogP contribution in [0.1, 0.15) is 39.1 Å². The molecule has 0 aliphatic carbocycles. The molecule has 7 nitrogen and oxygen atoms in total. The quantitative estimate of drug-likeness (QED) is 0.798. The van der Waals surface area contributed by atoms with Crippen LogP contribution in [-0.4, -0.2) is 41.7 Å². The van der Waals surface area contributed by atoms with Gasteiger partial charge in [-0.2, -0.15) is 0 Å². The van der Waals surface area contributed by atoms with Crippen LogP contribution in [0.25, 0.3) is 0 Å². The van der Waals surface area contributed by atoms with Crippen LogP contribution in [0.2, 0.25) is 0 Å². The molecule has 1 aromatic rings. The average Bonchev–Trinajstić information content (AvgIpc) is 2.70. The first kappa shape index (κ1) is 14.2. The lowest BCUT2D eigenvalue weighted by atomic mass is 10.0. The number of ether oxygens (including phenoxy) is 1. The van der Waals surface area contributed by atoms with Gasteiger partial charge in [-0.05, 0) is 31.0 Å². The number of benzene rings is 1. The van der Waals surface area contributed by atoms with Crippen molar-refractivity contribution in [3.05, 3.63) is 28.8 Å². The molecule has 7 heteroatoms. The molecule has 2 aliphatic heterocycles. The third-order valence-corrected chi connectivity index (χ3v) is 3.96. The second kappa shape index (κ2) is 4.94. The monoisotopic (exact) mass is 302 g/mol. The number of rotatable bonds is 2. The van der Waals surface area contributed by atoms with E-state index in [-0.39, 0.29) is 24.0 Å². The molecule has 1 unspecified atom stereocenters. The molecule has 1 saturated heterocycles. The molecular formula is C15H14N2O5. The summed E-state index contributed by atoms with van der Waals surface area (Å²) in [5.74, 6) is -1.55. The fraction of sp³-hybridized carbons (Fsp3) is 0.333. The molecule has 3 rings (SSSR count). The van der Waals surface area contributed by atoms with Crippen LogP contribution in [0.5, 0.6) is 5.75 Å². The van der Waals surface area contributed by atoms with Crippen LogP contribution in [0.15, 0.2) is 12.1 Å². The molecule has 1 fully saturated rings. The van der Waals surface area contributed by atoms with E-state index < -0.39 is 29.7 Å². The average molecular weight is 302 g/mol. The van der Waals surface area contributed by atoms with E-state index in [9.17, 15) is 19.2 Å². The highest BCUT2D eigenvalue weighted by molar-refractivity contribution is 6.23. The van der Waals surface area contributed by atoms with E-state index in [4.69, 9.17) is 4.74 Å². The van der Waals surface area contributed by atoms with Gasteiger partial charge in [0.25, 0.3) is 11.8 Å². The number of nitrogens with zero attached hydrogens (tertiary/aromatic N) is 1. The van der Waals surface area contributed by atoms with Crippen molar-refractivity contribution in [3.63, 3.8) is 0 Å². The number of methoxy groups -OCH3 is 1. The van der Waals surface area contributed by atoms with E-state index in [1.807, 2.05) is 0 Å². The number of imide groups is 2. The molecule has 2 aliphatic rings. The van der Waals surface area contributed by atoms with Crippen molar-refractivity contribution < 1.29 is 23.9 Å². The minimum atomic E-state index is -0.948. The van der Waals surface area contributed by atoms with Crippen molar-refractivity contribution in [2.45, 2.75) is 25.8 Å². The molecule has 0 spiro atoms. The summed E-state index contributed by atoms with van der Waals surface area (Å²) < 4.78 is 5.16. The Morgan fingerprint density at radius 2 is 1.77 bits per heavy atom. The zero-order chi connectivity index (χ0) is 16.0. The van der Waals surface area contributed by atoms with Gasteiger partial charge in [0.05, 0.1) is 18.2 Å². The van der Waals surface area contributed by atoms with Crippen LogP contribution < -0.4 is 10.1 Å². The SMILES string of the molecule is COc1cc2c(cc1C)C(=O)N(C1CCC(=O)NC1=O)C2=O. The molecular weight excluding hydrogens is 288 g/mol. The van der Waals surface area contributed by atoms with Crippen molar-refractivity contribution in [3.8, 4) is 5.75 Å². The molecule has 0 bridgehead atoms. The molecule has 0 radical (unpaired) electrons. The zero-order valence-corrected chi connectivity index (χ0v) is 12.1. The maximum Gasteiger partial charge on any atom is 0.262 e. The Morgan fingerprint density at radius 3 is 2.36 bits per heavy atom. The van der Waals surface area contributed by atoms with Crippen molar-refractivity contribution in [1.29, 1.82) is 0 Å². The van der Waals surface area contributed by atoms with E-state index in [1.165, 1.54) is 13.2 Å². The summed E-state index contributed by atoms with van der Waals surface area (Å²) in [6, 6.07) is 2.15. The molecule has 2 heterocycles. The van der Waals surface area contributed by atoms with E-state index in [0.717, 1.165) is 10.5 Å². The summed E-state index contributed by atoms with van der Waals surface area (Å²) >= 11 is 0. The van der Waals surface area contributed by atoms with E-state index in [0.29, 0.717) is 5.75 Å². The maximum atomic E-state index is 12.5. The van der Waals surface area contributed by atoms with Gasteiger partial charge in [0, 0.05) is 6.42 Å². The van der Waals surface area contributed by atoms with Crippen LogP contribution in [0.4, 0.5) is 0 Å². The van der Waals surface area contributed by atoms with Crippen molar-refractivity contribution in [1.82, 2.24) is 10.2 Å². The number of carbonyl (C=O) groups is 4. The fourth-order valence-electron chi connectivity index (χ4n) is 2.83. The fourth-order valence-corrected chi connectivity index (χ4v) is 2.83. The Morgan fingerprint density at radius 1 is 1.14 bits per heavy atom.